The Hall–Kier alpha value is -0.730. The van der Waals surface area contributed by atoms with Crippen LogP contribution in [0.1, 0.15) is 44.5 Å². The lowest BCUT2D eigenvalue weighted by molar-refractivity contribution is 0.258. The Morgan fingerprint density at radius 1 is 1.32 bits per heavy atom. The van der Waals surface area contributed by atoms with Gasteiger partial charge in [-0.3, -0.25) is 0 Å². The van der Waals surface area contributed by atoms with E-state index in [4.69, 9.17) is 23.2 Å². The molecule has 0 spiro atoms. The summed E-state index contributed by atoms with van der Waals surface area (Å²) in [6.45, 7) is 2.32. The SMILES string of the molecule is CC1CCCCC1n1c(CCl)nc2cccc(Cl)c21. The smallest absolute Gasteiger partial charge is 0.125 e. The summed E-state index contributed by atoms with van der Waals surface area (Å²) in [5.74, 6) is 2.04. The summed E-state index contributed by atoms with van der Waals surface area (Å²) < 4.78 is 2.30. The fourth-order valence-corrected chi connectivity index (χ4v) is 3.74. The average Bonchev–Trinajstić information content (AvgIpc) is 2.79. The molecule has 0 bridgehead atoms. The fourth-order valence-electron chi connectivity index (χ4n) is 3.29. The topological polar surface area (TPSA) is 17.8 Å². The van der Waals surface area contributed by atoms with E-state index in [2.05, 4.69) is 16.5 Å². The van der Waals surface area contributed by atoms with Crippen molar-refractivity contribution >= 4 is 34.2 Å². The first kappa shape index (κ1) is 13.3. The molecule has 2 atom stereocenters. The first-order valence-electron chi connectivity index (χ1n) is 6.93. The molecular weight excluding hydrogens is 279 g/mol. The van der Waals surface area contributed by atoms with E-state index in [1.807, 2.05) is 18.2 Å². The van der Waals surface area contributed by atoms with Crippen molar-refractivity contribution in [2.24, 2.45) is 5.92 Å². The Morgan fingerprint density at radius 2 is 2.11 bits per heavy atom. The first-order valence-corrected chi connectivity index (χ1v) is 7.85. The van der Waals surface area contributed by atoms with Gasteiger partial charge in [0.25, 0.3) is 0 Å². The van der Waals surface area contributed by atoms with Crippen LogP contribution < -0.4 is 0 Å². The Balaban J connectivity index is 2.20. The first-order chi connectivity index (χ1) is 9.22. The molecule has 0 radical (unpaired) electrons. The van der Waals surface area contributed by atoms with Gasteiger partial charge in [0.15, 0.2) is 0 Å². The summed E-state index contributed by atoms with van der Waals surface area (Å²) >= 11 is 12.5. The zero-order chi connectivity index (χ0) is 13.4. The normalized spacial score (nSPS) is 23.9. The molecule has 1 saturated carbocycles. The second-order valence-electron chi connectivity index (χ2n) is 5.47. The number of rotatable bonds is 2. The number of para-hydroxylation sites is 1. The standard InChI is InChI=1S/C15H18Cl2N2/c1-10-5-2-3-8-13(10)19-14(9-16)18-12-7-4-6-11(17)15(12)19/h4,6-7,10,13H,2-3,5,8-9H2,1H3. The van der Waals surface area contributed by atoms with Crippen molar-refractivity contribution in [2.75, 3.05) is 0 Å². The zero-order valence-electron chi connectivity index (χ0n) is 11.1. The van der Waals surface area contributed by atoms with E-state index in [9.17, 15) is 0 Å². The van der Waals surface area contributed by atoms with E-state index in [0.717, 1.165) is 21.9 Å². The Bertz CT molecular complexity index is 591. The van der Waals surface area contributed by atoms with Gasteiger partial charge in [0, 0.05) is 6.04 Å². The van der Waals surface area contributed by atoms with Gasteiger partial charge in [-0.05, 0) is 30.9 Å². The van der Waals surface area contributed by atoms with Crippen LogP contribution in [-0.4, -0.2) is 9.55 Å². The third-order valence-corrected chi connectivity index (χ3v) is 4.80. The molecule has 0 N–H and O–H groups in total. The molecular formula is C15H18Cl2N2. The molecule has 1 aliphatic rings. The molecule has 2 nitrogen and oxygen atoms in total. The summed E-state index contributed by atoms with van der Waals surface area (Å²) in [5, 5.41) is 0.777. The number of alkyl halides is 1. The molecule has 1 aliphatic carbocycles. The van der Waals surface area contributed by atoms with Gasteiger partial charge in [0.05, 0.1) is 21.9 Å². The summed E-state index contributed by atoms with van der Waals surface area (Å²) in [6, 6.07) is 6.38. The minimum absolute atomic E-state index is 0.439. The third-order valence-electron chi connectivity index (χ3n) is 4.25. The second kappa shape index (κ2) is 5.34. The van der Waals surface area contributed by atoms with Crippen molar-refractivity contribution in [3.63, 3.8) is 0 Å². The molecule has 19 heavy (non-hydrogen) atoms. The lowest BCUT2D eigenvalue weighted by atomic mass is 9.85. The molecule has 1 aromatic heterocycles. The largest absolute Gasteiger partial charge is 0.322 e. The van der Waals surface area contributed by atoms with E-state index in [1.54, 1.807) is 0 Å². The monoisotopic (exact) mass is 296 g/mol. The Kier molecular flexibility index (Phi) is 3.72. The number of aromatic nitrogens is 2. The highest BCUT2D eigenvalue weighted by Crippen LogP contribution is 2.38. The number of hydrogen-bond donors (Lipinski definition) is 0. The van der Waals surface area contributed by atoms with Gasteiger partial charge in [0.1, 0.15) is 5.82 Å². The summed E-state index contributed by atoms with van der Waals surface area (Å²) in [7, 11) is 0. The van der Waals surface area contributed by atoms with Crippen LogP contribution in [0.4, 0.5) is 0 Å². The van der Waals surface area contributed by atoms with Gasteiger partial charge >= 0.3 is 0 Å². The molecule has 0 aliphatic heterocycles. The predicted octanol–water partition coefficient (Wildman–Crippen LogP) is 5.18. The maximum absolute atomic E-state index is 6.40. The lowest BCUT2D eigenvalue weighted by Gasteiger charge is -2.31. The quantitative estimate of drug-likeness (QED) is 0.698. The van der Waals surface area contributed by atoms with Crippen molar-refractivity contribution in [2.45, 2.75) is 44.5 Å². The van der Waals surface area contributed by atoms with Gasteiger partial charge in [0.2, 0.25) is 0 Å². The van der Waals surface area contributed by atoms with E-state index >= 15 is 0 Å². The molecule has 102 valence electrons. The highest BCUT2D eigenvalue weighted by Gasteiger charge is 2.27. The van der Waals surface area contributed by atoms with E-state index in [1.165, 1.54) is 25.7 Å². The average molecular weight is 297 g/mol. The van der Waals surface area contributed by atoms with Gasteiger partial charge in [-0.15, -0.1) is 11.6 Å². The van der Waals surface area contributed by atoms with Gasteiger partial charge in [-0.2, -0.15) is 0 Å². The summed E-state index contributed by atoms with van der Waals surface area (Å²) in [4.78, 5) is 4.65. The van der Waals surface area contributed by atoms with Crippen LogP contribution >= 0.6 is 23.2 Å². The van der Waals surface area contributed by atoms with Crippen molar-refractivity contribution in [3.8, 4) is 0 Å². The van der Waals surface area contributed by atoms with Crippen LogP contribution in [0.25, 0.3) is 11.0 Å². The van der Waals surface area contributed by atoms with E-state index in [0.29, 0.717) is 17.8 Å². The highest BCUT2D eigenvalue weighted by molar-refractivity contribution is 6.35. The number of benzene rings is 1. The predicted molar refractivity (Wildman–Crippen MR) is 81.0 cm³/mol. The van der Waals surface area contributed by atoms with Crippen LogP contribution in [0.2, 0.25) is 5.02 Å². The molecule has 3 rings (SSSR count). The molecule has 2 unspecified atom stereocenters. The Morgan fingerprint density at radius 3 is 2.84 bits per heavy atom. The fraction of sp³-hybridized carbons (Fsp3) is 0.533. The summed E-state index contributed by atoms with van der Waals surface area (Å²) in [6.07, 6.45) is 5.08. The van der Waals surface area contributed by atoms with Gasteiger partial charge in [-0.1, -0.05) is 37.4 Å². The second-order valence-corrected chi connectivity index (χ2v) is 6.14. The molecule has 0 saturated heterocycles. The van der Waals surface area contributed by atoms with Crippen molar-refractivity contribution in [1.82, 2.24) is 9.55 Å². The zero-order valence-corrected chi connectivity index (χ0v) is 12.6. The molecule has 1 fully saturated rings. The van der Waals surface area contributed by atoms with Crippen LogP contribution in [0.3, 0.4) is 0 Å². The third kappa shape index (κ3) is 2.25. The van der Waals surface area contributed by atoms with Crippen LogP contribution in [0.15, 0.2) is 18.2 Å². The maximum atomic E-state index is 6.40. The number of imidazole rings is 1. The van der Waals surface area contributed by atoms with Crippen LogP contribution in [0.5, 0.6) is 0 Å². The van der Waals surface area contributed by atoms with Gasteiger partial charge in [-0.25, -0.2) is 4.98 Å². The highest BCUT2D eigenvalue weighted by atomic mass is 35.5. The number of hydrogen-bond acceptors (Lipinski definition) is 1. The molecule has 1 heterocycles. The van der Waals surface area contributed by atoms with Crippen molar-refractivity contribution in [3.05, 3.63) is 29.0 Å². The number of fused-ring (bicyclic) bond motifs is 1. The van der Waals surface area contributed by atoms with Crippen molar-refractivity contribution in [1.29, 1.82) is 0 Å². The van der Waals surface area contributed by atoms with Crippen LogP contribution in [-0.2, 0) is 5.88 Å². The summed E-state index contributed by atoms with van der Waals surface area (Å²) in [5.41, 5.74) is 2.01. The van der Waals surface area contributed by atoms with Crippen LogP contribution in [0, 0.1) is 5.92 Å². The Labute approximate surface area is 123 Å². The molecule has 2 aromatic rings. The maximum Gasteiger partial charge on any atom is 0.125 e. The lowest BCUT2D eigenvalue weighted by Crippen LogP contribution is -2.22. The number of nitrogens with zero attached hydrogens (tertiary/aromatic N) is 2. The van der Waals surface area contributed by atoms with Gasteiger partial charge < -0.3 is 4.57 Å². The minimum Gasteiger partial charge on any atom is -0.322 e. The van der Waals surface area contributed by atoms with E-state index in [-0.39, 0.29) is 0 Å². The molecule has 0 amide bonds. The molecule has 4 heteroatoms. The number of halogens is 2. The molecule has 1 aromatic carbocycles. The minimum atomic E-state index is 0.439. The van der Waals surface area contributed by atoms with Crippen molar-refractivity contribution < 1.29 is 0 Å². The van der Waals surface area contributed by atoms with E-state index < -0.39 is 0 Å².